The van der Waals surface area contributed by atoms with Crippen LogP contribution in [-0.4, -0.2) is 31.9 Å². The van der Waals surface area contributed by atoms with Gasteiger partial charge in [0.1, 0.15) is 5.75 Å². The van der Waals surface area contributed by atoms with Gasteiger partial charge in [-0.2, -0.15) is 0 Å². The number of esters is 1. The zero-order chi connectivity index (χ0) is 14.0. The van der Waals surface area contributed by atoms with Gasteiger partial charge in [0, 0.05) is 16.2 Å². The molecule has 19 heavy (non-hydrogen) atoms. The van der Waals surface area contributed by atoms with Gasteiger partial charge in [-0.3, -0.25) is 0 Å². The van der Waals surface area contributed by atoms with Crippen LogP contribution in [0.5, 0.6) is 17.2 Å². The average Bonchev–Trinajstić information content (AvgIpc) is 2.74. The van der Waals surface area contributed by atoms with E-state index in [0.717, 1.165) is 16.0 Å². The number of thiophene rings is 1. The summed E-state index contributed by atoms with van der Waals surface area (Å²) < 4.78 is 16.0. The maximum Gasteiger partial charge on any atom is 0.352 e. The molecular formula is C13H14O5S. The van der Waals surface area contributed by atoms with Gasteiger partial charge < -0.3 is 19.3 Å². The van der Waals surface area contributed by atoms with Crippen LogP contribution in [0.25, 0.3) is 10.1 Å². The fourth-order valence-electron chi connectivity index (χ4n) is 1.75. The van der Waals surface area contributed by atoms with Crippen LogP contribution in [-0.2, 0) is 4.74 Å². The first kappa shape index (κ1) is 13.5. The second kappa shape index (κ2) is 5.36. The lowest BCUT2D eigenvalue weighted by Crippen LogP contribution is -2.01. The standard InChI is InChI=1S/C13H14O5S/c1-4-18-13(15)12-11(14)7-5-8(16-2)9(17-3)6-10(7)19-12/h5-6,14H,4H2,1-3H3. The molecule has 1 aromatic carbocycles. The minimum atomic E-state index is -0.529. The van der Waals surface area contributed by atoms with Crippen molar-refractivity contribution < 1.29 is 24.1 Å². The van der Waals surface area contributed by atoms with E-state index in [1.165, 1.54) is 14.2 Å². The van der Waals surface area contributed by atoms with Gasteiger partial charge in [-0.15, -0.1) is 11.3 Å². The van der Waals surface area contributed by atoms with Gasteiger partial charge in [0.05, 0.1) is 20.8 Å². The first-order valence-corrected chi connectivity index (χ1v) is 6.48. The summed E-state index contributed by atoms with van der Waals surface area (Å²) in [6.07, 6.45) is 0. The summed E-state index contributed by atoms with van der Waals surface area (Å²) in [5.74, 6) is 0.434. The second-order valence-electron chi connectivity index (χ2n) is 3.70. The molecule has 1 heterocycles. The minimum Gasteiger partial charge on any atom is -0.505 e. The Labute approximate surface area is 114 Å². The van der Waals surface area contributed by atoms with E-state index in [1.54, 1.807) is 19.1 Å². The topological polar surface area (TPSA) is 65.0 Å². The summed E-state index contributed by atoms with van der Waals surface area (Å²) in [7, 11) is 3.04. The summed E-state index contributed by atoms with van der Waals surface area (Å²) in [4.78, 5) is 11.9. The van der Waals surface area contributed by atoms with Crippen molar-refractivity contribution >= 4 is 27.4 Å². The number of rotatable bonds is 4. The van der Waals surface area contributed by atoms with E-state index in [1.807, 2.05) is 0 Å². The van der Waals surface area contributed by atoms with E-state index in [9.17, 15) is 9.90 Å². The highest BCUT2D eigenvalue weighted by molar-refractivity contribution is 7.21. The van der Waals surface area contributed by atoms with Gasteiger partial charge in [-0.05, 0) is 13.0 Å². The Kier molecular flexibility index (Phi) is 3.80. The van der Waals surface area contributed by atoms with Gasteiger partial charge in [-0.25, -0.2) is 4.79 Å². The Morgan fingerprint density at radius 1 is 1.26 bits per heavy atom. The average molecular weight is 282 g/mol. The highest BCUT2D eigenvalue weighted by Gasteiger charge is 2.21. The molecule has 2 rings (SSSR count). The number of benzene rings is 1. The predicted molar refractivity (Wildman–Crippen MR) is 72.6 cm³/mol. The summed E-state index contributed by atoms with van der Waals surface area (Å²) in [6.45, 7) is 1.98. The highest BCUT2D eigenvalue weighted by Crippen LogP contribution is 2.42. The normalized spacial score (nSPS) is 10.5. The maximum atomic E-state index is 11.7. The smallest absolute Gasteiger partial charge is 0.352 e. The van der Waals surface area contributed by atoms with Crippen LogP contribution < -0.4 is 9.47 Å². The van der Waals surface area contributed by atoms with Crippen LogP contribution >= 0.6 is 11.3 Å². The van der Waals surface area contributed by atoms with Crippen molar-refractivity contribution in [1.82, 2.24) is 0 Å². The molecule has 0 saturated heterocycles. The molecule has 0 atom stereocenters. The molecule has 1 aromatic heterocycles. The zero-order valence-electron chi connectivity index (χ0n) is 10.9. The molecule has 6 heteroatoms. The number of carbonyl (C=O) groups is 1. The van der Waals surface area contributed by atoms with Gasteiger partial charge in [-0.1, -0.05) is 0 Å². The Hall–Kier alpha value is -1.95. The summed E-state index contributed by atoms with van der Waals surface area (Å²) in [5.41, 5.74) is 0. The molecule has 1 N–H and O–H groups in total. The van der Waals surface area contributed by atoms with Gasteiger partial charge in [0.25, 0.3) is 0 Å². The molecule has 0 aliphatic rings. The lowest BCUT2D eigenvalue weighted by Gasteiger charge is -2.06. The van der Waals surface area contributed by atoms with Crippen LogP contribution in [0.2, 0.25) is 0 Å². The first-order chi connectivity index (χ1) is 9.12. The monoisotopic (exact) mass is 282 g/mol. The number of methoxy groups -OCH3 is 2. The van der Waals surface area contributed by atoms with Gasteiger partial charge in [0.2, 0.25) is 0 Å². The van der Waals surface area contributed by atoms with Crippen molar-refractivity contribution in [3.63, 3.8) is 0 Å². The fourth-order valence-corrected chi connectivity index (χ4v) is 2.75. The van der Waals surface area contributed by atoms with Crippen molar-refractivity contribution in [2.45, 2.75) is 6.92 Å². The second-order valence-corrected chi connectivity index (χ2v) is 4.76. The Morgan fingerprint density at radius 2 is 1.89 bits per heavy atom. The quantitative estimate of drug-likeness (QED) is 0.873. The van der Waals surface area contributed by atoms with E-state index in [4.69, 9.17) is 14.2 Å². The Balaban J connectivity index is 2.60. The molecule has 0 amide bonds. The summed E-state index contributed by atoms with van der Waals surface area (Å²) >= 11 is 1.16. The van der Waals surface area contributed by atoms with Crippen molar-refractivity contribution in [3.05, 3.63) is 17.0 Å². The molecule has 102 valence electrons. The Morgan fingerprint density at radius 3 is 2.47 bits per heavy atom. The van der Waals surface area contributed by atoms with E-state index in [-0.39, 0.29) is 17.2 Å². The highest BCUT2D eigenvalue weighted by atomic mass is 32.1. The lowest BCUT2D eigenvalue weighted by molar-refractivity contribution is 0.0529. The first-order valence-electron chi connectivity index (χ1n) is 5.67. The van der Waals surface area contributed by atoms with Crippen LogP contribution in [0.15, 0.2) is 12.1 Å². The van der Waals surface area contributed by atoms with Crippen molar-refractivity contribution in [2.75, 3.05) is 20.8 Å². The number of carbonyl (C=O) groups excluding carboxylic acids is 1. The van der Waals surface area contributed by atoms with Crippen molar-refractivity contribution in [1.29, 1.82) is 0 Å². The van der Waals surface area contributed by atoms with Crippen molar-refractivity contribution in [3.8, 4) is 17.2 Å². The van der Waals surface area contributed by atoms with E-state index in [0.29, 0.717) is 16.9 Å². The van der Waals surface area contributed by atoms with E-state index >= 15 is 0 Å². The summed E-state index contributed by atoms with van der Waals surface area (Å²) in [6, 6.07) is 3.37. The fraction of sp³-hybridized carbons (Fsp3) is 0.308. The van der Waals surface area contributed by atoms with Crippen LogP contribution in [0.3, 0.4) is 0 Å². The third kappa shape index (κ3) is 2.31. The molecule has 0 aliphatic carbocycles. The van der Waals surface area contributed by atoms with E-state index < -0.39 is 5.97 Å². The molecule has 5 nitrogen and oxygen atoms in total. The molecule has 0 bridgehead atoms. The lowest BCUT2D eigenvalue weighted by atomic mass is 10.2. The number of aromatic hydroxyl groups is 1. The molecule has 0 aliphatic heterocycles. The zero-order valence-corrected chi connectivity index (χ0v) is 11.7. The van der Waals surface area contributed by atoms with Gasteiger partial charge >= 0.3 is 5.97 Å². The largest absolute Gasteiger partial charge is 0.505 e. The molecule has 0 saturated carbocycles. The number of ether oxygens (including phenoxy) is 3. The molecule has 0 fully saturated rings. The number of hydrogen-bond donors (Lipinski definition) is 1. The molecule has 0 radical (unpaired) electrons. The maximum absolute atomic E-state index is 11.7. The third-order valence-corrected chi connectivity index (χ3v) is 3.75. The van der Waals surface area contributed by atoms with Crippen LogP contribution in [0.1, 0.15) is 16.6 Å². The minimum absolute atomic E-state index is 0.0839. The molecular weight excluding hydrogens is 268 g/mol. The third-order valence-electron chi connectivity index (χ3n) is 2.63. The van der Waals surface area contributed by atoms with Gasteiger partial charge in [0.15, 0.2) is 16.4 Å². The van der Waals surface area contributed by atoms with E-state index in [2.05, 4.69) is 0 Å². The Bertz CT molecular complexity index is 617. The molecule has 2 aromatic rings. The molecule has 0 unspecified atom stereocenters. The predicted octanol–water partition coefficient (Wildman–Crippen LogP) is 2.80. The summed E-state index contributed by atoms with van der Waals surface area (Å²) in [5, 5.41) is 10.6. The SMILES string of the molecule is CCOC(=O)c1sc2cc(OC)c(OC)cc2c1O. The number of hydrogen-bond acceptors (Lipinski definition) is 6. The van der Waals surface area contributed by atoms with Crippen LogP contribution in [0, 0.1) is 0 Å². The van der Waals surface area contributed by atoms with Crippen LogP contribution in [0.4, 0.5) is 0 Å². The number of fused-ring (bicyclic) bond motifs is 1. The molecule has 0 spiro atoms. The van der Waals surface area contributed by atoms with Crippen molar-refractivity contribution in [2.24, 2.45) is 0 Å².